The molecule has 21 heavy (non-hydrogen) atoms. The second-order valence-corrected chi connectivity index (χ2v) is 7.36. The van der Waals surface area contributed by atoms with Crippen LogP contribution in [0.4, 0.5) is 0 Å². The molecule has 1 fully saturated rings. The second kappa shape index (κ2) is 6.50. The molecular formula is C13H20ClN3O3S. The van der Waals surface area contributed by atoms with Gasteiger partial charge in [-0.15, -0.1) is 0 Å². The molecule has 0 spiro atoms. The summed E-state index contributed by atoms with van der Waals surface area (Å²) in [6.07, 6.45) is 0. The number of benzene rings is 1. The van der Waals surface area contributed by atoms with Gasteiger partial charge in [0.05, 0.1) is 23.1 Å². The fraction of sp³-hybridized carbons (Fsp3) is 0.538. The molecule has 0 amide bonds. The van der Waals surface area contributed by atoms with Crippen LogP contribution in [0.25, 0.3) is 0 Å². The van der Waals surface area contributed by atoms with E-state index in [2.05, 4.69) is 4.90 Å². The molecule has 1 saturated heterocycles. The molecule has 1 unspecified atom stereocenters. The van der Waals surface area contributed by atoms with Crippen LogP contribution in [0.3, 0.4) is 0 Å². The molecule has 0 aliphatic carbocycles. The Balaban J connectivity index is 2.34. The van der Waals surface area contributed by atoms with E-state index in [1.165, 1.54) is 23.5 Å². The highest BCUT2D eigenvalue weighted by atomic mass is 35.5. The van der Waals surface area contributed by atoms with Gasteiger partial charge in [-0.05, 0) is 25.2 Å². The van der Waals surface area contributed by atoms with Crippen molar-refractivity contribution in [1.82, 2.24) is 9.21 Å². The lowest BCUT2D eigenvalue weighted by atomic mass is 10.2. The highest BCUT2D eigenvalue weighted by Crippen LogP contribution is 2.29. The first-order valence-corrected chi connectivity index (χ1v) is 8.46. The maximum Gasteiger partial charge on any atom is 0.243 e. The Labute approximate surface area is 130 Å². The molecule has 0 radical (unpaired) electrons. The molecule has 6 nitrogen and oxygen atoms in total. The van der Waals surface area contributed by atoms with Crippen molar-refractivity contribution in [3.05, 3.63) is 23.2 Å². The quantitative estimate of drug-likeness (QED) is 0.874. The van der Waals surface area contributed by atoms with Crippen molar-refractivity contribution >= 4 is 21.6 Å². The third-order valence-corrected chi connectivity index (χ3v) is 5.88. The van der Waals surface area contributed by atoms with Crippen LogP contribution in [0.15, 0.2) is 23.1 Å². The maximum atomic E-state index is 12.8. The zero-order valence-corrected chi connectivity index (χ0v) is 13.7. The Kier molecular flexibility index (Phi) is 5.11. The number of methoxy groups -OCH3 is 1. The van der Waals surface area contributed by atoms with Gasteiger partial charge in [0.25, 0.3) is 0 Å². The van der Waals surface area contributed by atoms with Crippen LogP contribution in [0.5, 0.6) is 5.75 Å². The molecule has 2 rings (SSSR count). The molecule has 0 bridgehead atoms. The largest absolute Gasteiger partial charge is 0.495 e. The Bertz CT molecular complexity index is 609. The Morgan fingerprint density at radius 3 is 2.71 bits per heavy atom. The van der Waals surface area contributed by atoms with Crippen molar-refractivity contribution in [1.29, 1.82) is 0 Å². The van der Waals surface area contributed by atoms with Crippen LogP contribution in [0.2, 0.25) is 5.02 Å². The van der Waals surface area contributed by atoms with Crippen LogP contribution in [0, 0.1) is 0 Å². The molecule has 1 heterocycles. The van der Waals surface area contributed by atoms with Gasteiger partial charge in [0, 0.05) is 26.2 Å². The molecule has 0 aromatic heterocycles. The molecule has 1 aliphatic heterocycles. The monoisotopic (exact) mass is 333 g/mol. The first kappa shape index (κ1) is 16.5. The number of sulfonamides is 1. The van der Waals surface area contributed by atoms with Crippen LogP contribution in [-0.2, 0) is 10.0 Å². The smallest absolute Gasteiger partial charge is 0.243 e. The van der Waals surface area contributed by atoms with E-state index in [4.69, 9.17) is 22.1 Å². The fourth-order valence-corrected chi connectivity index (χ4v) is 4.41. The Hall–Kier alpha value is -0.860. The minimum Gasteiger partial charge on any atom is -0.495 e. The van der Waals surface area contributed by atoms with Crippen molar-refractivity contribution in [3.63, 3.8) is 0 Å². The van der Waals surface area contributed by atoms with Gasteiger partial charge in [-0.3, -0.25) is 0 Å². The molecule has 2 N–H and O–H groups in total. The van der Waals surface area contributed by atoms with Gasteiger partial charge >= 0.3 is 0 Å². The van der Waals surface area contributed by atoms with Gasteiger partial charge in [0.1, 0.15) is 5.75 Å². The predicted octanol–water partition coefficient (Wildman–Crippen LogP) is 0.612. The third kappa shape index (κ3) is 3.32. The standard InChI is InChI=1S/C13H20ClN3O3S/c1-16-5-6-17(10(8-15)9-16)21(18,19)11-3-4-13(20-2)12(14)7-11/h3-4,7,10H,5-6,8-9,15H2,1-2H3. The summed E-state index contributed by atoms with van der Waals surface area (Å²) in [4.78, 5) is 2.24. The van der Waals surface area contributed by atoms with Gasteiger partial charge in [0.2, 0.25) is 10.0 Å². The van der Waals surface area contributed by atoms with Gasteiger partial charge in [0.15, 0.2) is 0 Å². The average molecular weight is 334 g/mol. The molecule has 0 saturated carbocycles. The third-order valence-electron chi connectivity index (χ3n) is 3.63. The summed E-state index contributed by atoms with van der Waals surface area (Å²) in [5, 5.41) is 0.275. The van der Waals surface area contributed by atoms with Crippen LogP contribution in [0.1, 0.15) is 0 Å². The predicted molar refractivity (Wildman–Crippen MR) is 82.2 cm³/mol. The van der Waals surface area contributed by atoms with Crippen LogP contribution >= 0.6 is 11.6 Å². The molecule has 1 atom stereocenters. The molecule has 1 aliphatic rings. The van der Waals surface area contributed by atoms with E-state index < -0.39 is 10.0 Å². The van der Waals surface area contributed by atoms with Gasteiger partial charge in [-0.1, -0.05) is 11.6 Å². The van der Waals surface area contributed by atoms with Crippen molar-refractivity contribution in [2.45, 2.75) is 10.9 Å². The van der Waals surface area contributed by atoms with Crippen LogP contribution in [-0.4, -0.2) is 64.0 Å². The van der Waals surface area contributed by atoms with Crippen molar-refractivity contribution in [2.24, 2.45) is 5.73 Å². The number of rotatable bonds is 4. The van der Waals surface area contributed by atoms with Crippen LogP contribution < -0.4 is 10.5 Å². The summed E-state index contributed by atoms with van der Waals surface area (Å²) in [6.45, 7) is 2.01. The fourth-order valence-electron chi connectivity index (χ4n) is 2.45. The summed E-state index contributed by atoms with van der Waals surface area (Å²) < 4.78 is 32.0. The lowest BCUT2D eigenvalue weighted by Crippen LogP contribution is -2.56. The van der Waals surface area contributed by atoms with E-state index in [-0.39, 0.29) is 22.5 Å². The summed E-state index contributed by atoms with van der Waals surface area (Å²) in [5.74, 6) is 0.448. The highest BCUT2D eigenvalue weighted by Gasteiger charge is 2.34. The van der Waals surface area contributed by atoms with Crippen molar-refractivity contribution in [2.75, 3.05) is 40.3 Å². The summed E-state index contributed by atoms with van der Waals surface area (Å²) in [7, 11) is -0.166. The minimum atomic E-state index is -3.61. The lowest BCUT2D eigenvalue weighted by molar-refractivity contribution is 0.164. The second-order valence-electron chi connectivity index (χ2n) is 5.06. The average Bonchev–Trinajstić information content (AvgIpc) is 2.46. The minimum absolute atomic E-state index is 0.163. The zero-order chi connectivity index (χ0) is 15.6. The van der Waals surface area contributed by atoms with Crippen molar-refractivity contribution < 1.29 is 13.2 Å². The van der Waals surface area contributed by atoms with Gasteiger partial charge in [-0.25, -0.2) is 8.42 Å². The van der Waals surface area contributed by atoms with E-state index >= 15 is 0 Å². The molecule has 1 aromatic rings. The molecular weight excluding hydrogens is 314 g/mol. The number of nitrogens with two attached hydrogens (primary N) is 1. The molecule has 1 aromatic carbocycles. The van der Waals surface area contributed by atoms with E-state index in [0.717, 1.165) is 0 Å². The maximum absolute atomic E-state index is 12.8. The topological polar surface area (TPSA) is 75.9 Å². The van der Waals surface area contributed by atoms with Gasteiger partial charge < -0.3 is 15.4 Å². The lowest BCUT2D eigenvalue weighted by Gasteiger charge is -2.38. The Morgan fingerprint density at radius 1 is 1.43 bits per heavy atom. The number of piperazine rings is 1. The van der Waals surface area contributed by atoms with E-state index in [0.29, 0.717) is 25.4 Å². The Morgan fingerprint density at radius 2 is 2.14 bits per heavy atom. The highest BCUT2D eigenvalue weighted by molar-refractivity contribution is 7.89. The number of ether oxygens (including phenoxy) is 1. The molecule has 118 valence electrons. The zero-order valence-electron chi connectivity index (χ0n) is 12.1. The first-order valence-electron chi connectivity index (χ1n) is 6.64. The summed E-state index contributed by atoms with van der Waals surface area (Å²) in [6, 6.07) is 4.26. The molecule has 8 heteroatoms. The number of nitrogens with zero attached hydrogens (tertiary/aromatic N) is 2. The number of hydrogen-bond donors (Lipinski definition) is 1. The van der Waals surface area contributed by atoms with E-state index in [1.54, 1.807) is 6.07 Å². The van der Waals surface area contributed by atoms with E-state index in [1.807, 2.05) is 7.05 Å². The summed E-state index contributed by atoms with van der Waals surface area (Å²) >= 11 is 6.03. The van der Waals surface area contributed by atoms with Gasteiger partial charge in [-0.2, -0.15) is 4.31 Å². The van der Waals surface area contributed by atoms with Crippen molar-refractivity contribution in [3.8, 4) is 5.75 Å². The normalized spacial score (nSPS) is 21.4. The number of likely N-dealkylation sites (N-methyl/N-ethyl adjacent to an activating group) is 1. The number of hydrogen-bond acceptors (Lipinski definition) is 5. The number of halogens is 1. The summed E-state index contributed by atoms with van der Waals surface area (Å²) in [5.41, 5.74) is 5.73. The van der Waals surface area contributed by atoms with E-state index in [9.17, 15) is 8.42 Å². The SMILES string of the molecule is COc1ccc(S(=O)(=O)N2CCN(C)CC2CN)cc1Cl. The first-order chi connectivity index (χ1) is 9.90.